The average molecular weight is 237 g/mol. The maximum atomic E-state index is 5.50. The molecule has 0 unspecified atom stereocenters. The van der Waals surface area contributed by atoms with E-state index in [1.54, 1.807) is 22.7 Å². The van der Waals surface area contributed by atoms with Gasteiger partial charge in [-0.25, -0.2) is 5.84 Å². The molecule has 15 heavy (non-hydrogen) atoms. The van der Waals surface area contributed by atoms with Crippen LogP contribution in [0.4, 0.5) is 0 Å². The second-order valence-corrected chi connectivity index (χ2v) is 5.64. The van der Waals surface area contributed by atoms with Crippen molar-refractivity contribution in [1.82, 2.24) is 5.43 Å². The quantitative estimate of drug-likeness (QED) is 0.364. The number of hydrogen-bond acceptors (Lipinski definition) is 4. The van der Waals surface area contributed by atoms with Crippen molar-refractivity contribution in [3.05, 3.63) is 22.4 Å². The Labute approximate surface area is 95.6 Å². The van der Waals surface area contributed by atoms with Gasteiger partial charge in [-0.3, -0.25) is 4.99 Å². The molecule has 0 saturated heterocycles. The molecule has 3 nitrogen and oxygen atoms in total. The highest BCUT2D eigenvalue weighted by Crippen LogP contribution is 2.31. The van der Waals surface area contributed by atoms with Gasteiger partial charge in [0.1, 0.15) is 0 Å². The van der Waals surface area contributed by atoms with E-state index >= 15 is 0 Å². The zero-order valence-electron chi connectivity index (χ0n) is 8.06. The van der Waals surface area contributed by atoms with Gasteiger partial charge in [0.15, 0.2) is 5.84 Å². The third kappa shape index (κ3) is 1.78. The van der Waals surface area contributed by atoms with Gasteiger partial charge in [0, 0.05) is 9.40 Å². The lowest BCUT2D eigenvalue weighted by atomic mass is 10.4. The van der Waals surface area contributed by atoms with Crippen LogP contribution in [0.15, 0.2) is 22.5 Å². The molecule has 0 radical (unpaired) electrons. The monoisotopic (exact) mass is 237 g/mol. The number of amidine groups is 1. The first-order valence-corrected chi connectivity index (χ1v) is 6.58. The molecule has 0 bridgehead atoms. The summed E-state index contributed by atoms with van der Waals surface area (Å²) in [6.45, 7) is 0. The van der Waals surface area contributed by atoms with E-state index in [4.69, 9.17) is 5.84 Å². The third-order valence-electron chi connectivity index (χ3n) is 2.37. The molecule has 0 amide bonds. The minimum absolute atomic E-state index is 0.496. The van der Waals surface area contributed by atoms with Gasteiger partial charge in [0.05, 0.1) is 10.9 Å². The number of rotatable bonds is 2. The zero-order valence-corrected chi connectivity index (χ0v) is 9.70. The Hall–Kier alpha value is -0.910. The van der Waals surface area contributed by atoms with Crippen LogP contribution in [0.5, 0.6) is 0 Å². The maximum absolute atomic E-state index is 5.50. The summed E-state index contributed by atoms with van der Waals surface area (Å²) in [7, 11) is 0. The first kappa shape index (κ1) is 9.33. The molecule has 3 rings (SSSR count). The number of nitrogens with zero attached hydrogens (tertiary/aromatic N) is 1. The molecule has 78 valence electrons. The van der Waals surface area contributed by atoms with Crippen LogP contribution in [0.3, 0.4) is 0 Å². The van der Waals surface area contributed by atoms with Crippen LogP contribution >= 0.6 is 22.7 Å². The van der Waals surface area contributed by atoms with E-state index in [-0.39, 0.29) is 0 Å². The molecule has 2 aromatic rings. The molecule has 1 aliphatic carbocycles. The van der Waals surface area contributed by atoms with Crippen LogP contribution < -0.4 is 11.3 Å². The van der Waals surface area contributed by atoms with Crippen molar-refractivity contribution in [3.8, 4) is 0 Å². The lowest BCUT2D eigenvalue weighted by Gasteiger charge is -2.01. The van der Waals surface area contributed by atoms with Gasteiger partial charge in [-0.2, -0.15) is 0 Å². The van der Waals surface area contributed by atoms with E-state index in [0.717, 1.165) is 10.7 Å². The molecule has 0 aromatic carbocycles. The Morgan fingerprint density at radius 3 is 3.00 bits per heavy atom. The highest BCUT2D eigenvalue weighted by molar-refractivity contribution is 7.27. The number of thiophene rings is 2. The van der Waals surface area contributed by atoms with Crippen molar-refractivity contribution >= 4 is 37.9 Å². The number of nitrogens with one attached hydrogen (secondary N) is 1. The molecule has 1 aliphatic rings. The molecule has 3 N–H and O–H groups in total. The van der Waals surface area contributed by atoms with E-state index in [2.05, 4.69) is 27.9 Å². The Kier molecular flexibility index (Phi) is 2.23. The summed E-state index contributed by atoms with van der Waals surface area (Å²) in [6, 6.07) is 4.79. The Morgan fingerprint density at radius 1 is 1.47 bits per heavy atom. The van der Waals surface area contributed by atoms with Crippen molar-refractivity contribution in [1.29, 1.82) is 0 Å². The van der Waals surface area contributed by atoms with E-state index in [1.807, 2.05) is 0 Å². The molecular formula is C10H11N3S2. The number of fused-ring (bicyclic) bond motifs is 1. The lowest BCUT2D eigenvalue weighted by molar-refractivity contribution is 0.975. The standard InChI is InChI=1S/C10H11N3S2/c11-13-10(12-6-1-2-6)9-5-8-7(15-9)3-4-14-8/h3-6H,1-2,11H2,(H,12,13). The Balaban J connectivity index is 2.00. The Bertz CT molecular complexity index is 479. The molecule has 0 aliphatic heterocycles. The SMILES string of the molecule is NNC(=NC1CC1)c1cc2sccc2s1. The van der Waals surface area contributed by atoms with Crippen LogP contribution in [0.1, 0.15) is 17.7 Å². The van der Waals surface area contributed by atoms with Crippen molar-refractivity contribution in [3.63, 3.8) is 0 Å². The predicted octanol–water partition coefficient (Wildman–Crippen LogP) is 2.34. The predicted molar refractivity (Wildman–Crippen MR) is 66.6 cm³/mol. The van der Waals surface area contributed by atoms with E-state index in [9.17, 15) is 0 Å². The van der Waals surface area contributed by atoms with Crippen molar-refractivity contribution in [2.24, 2.45) is 10.8 Å². The summed E-state index contributed by atoms with van der Waals surface area (Å²) in [5.41, 5.74) is 2.71. The first-order valence-electron chi connectivity index (χ1n) is 4.88. The Morgan fingerprint density at radius 2 is 2.33 bits per heavy atom. The fraction of sp³-hybridized carbons (Fsp3) is 0.300. The van der Waals surface area contributed by atoms with Crippen LogP contribution in [-0.4, -0.2) is 11.9 Å². The molecule has 2 aromatic heterocycles. The number of hydrogen-bond donors (Lipinski definition) is 2. The number of hydrazine groups is 1. The van der Waals surface area contributed by atoms with Gasteiger partial charge in [0.25, 0.3) is 0 Å². The van der Waals surface area contributed by atoms with Crippen LogP contribution in [0, 0.1) is 0 Å². The summed E-state index contributed by atoms with van der Waals surface area (Å²) in [5.74, 6) is 6.34. The molecule has 1 saturated carbocycles. The fourth-order valence-electron chi connectivity index (χ4n) is 1.44. The molecule has 5 heteroatoms. The second-order valence-electron chi connectivity index (χ2n) is 3.61. The third-order valence-corrected chi connectivity index (χ3v) is 4.47. The fourth-order valence-corrected chi connectivity index (χ4v) is 3.51. The van der Waals surface area contributed by atoms with Crippen molar-refractivity contribution in [2.75, 3.05) is 0 Å². The second kappa shape index (κ2) is 3.59. The van der Waals surface area contributed by atoms with Gasteiger partial charge in [-0.15, -0.1) is 22.7 Å². The van der Waals surface area contributed by atoms with E-state index in [0.29, 0.717) is 6.04 Å². The lowest BCUT2D eigenvalue weighted by Crippen LogP contribution is -2.30. The average Bonchev–Trinajstić information content (AvgIpc) is 2.79. The summed E-state index contributed by atoms with van der Waals surface area (Å²) in [4.78, 5) is 5.69. The first-order chi connectivity index (χ1) is 7.36. The molecule has 1 fully saturated rings. The smallest absolute Gasteiger partial charge is 0.153 e. The van der Waals surface area contributed by atoms with Crippen molar-refractivity contribution in [2.45, 2.75) is 18.9 Å². The number of aliphatic imine (C=N–C) groups is 1. The molecule has 0 atom stereocenters. The van der Waals surface area contributed by atoms with E-state index < -0.39 is 0 Å². The number of nitrogens with two attached hydrogens (primary N) is 1. The zero-order chi connectivity index (χ0) is 10.3. The summed E-state index contributed by atoms with van der Waals surface area (Å²) in [6.07, 6.45) is 2.40. The maximum Gasteiger partial charge on any atom is 0.153 e. The summed E-state index contributed by atoms with van der Waals surface area (Å²) in [5, 5.41) is 2.11. The topological polar surface area (TPSA) is 50.4 Å². The van der Waals surface area contributed by atoms with Gasteiger partial charge in [-0.1, -0.05) is 0 Å². The van der Waals surface area contributed by atoms with Crippen molar-refractivity contribution < 1.29 is 0 Å². The molecule has 2 heterocycles. The van der Waals surface area contributed by atoms with Crippen LogP contribution in [0.25, 0.3) is 9.40 Å². The van der Waals surface area contributed by atoms with Crippen LogP contribution in [-0.2, 0) is 0 Å². The molecule has 0 spiro atoms. The van der Waals surface area contributed by atoms with Gasteiger partial charge in [0.2, 0.25) is 0 Å². The summed E-state index contributed by atoms with van der Waals surface area (Å²) < 4.78 is 2.63. The molecular weight excluding hydrogens is 226 g/mol. The summed E-state index contributed by atoms with van der Waals surface area (Å²) >= 11 is 3.50. The minimum Gasteiger partial charge on any atom is -0.308 e. The largest absolute Gasteiger partial charge is 0.308 e. The minimum atomic E-state index is 0.496. The highest BCUT2D eigenvalue weighted by atomic mass is 32.1. The van der Waals surface area contributed by atoms with Gasteiger partial charge in [-0.05, 0) is 30.4 Å². The van der Waals surface area contributed by atoms with E-state index in [1.165, 1.54) is 22.2 Å². The normalized spacial score (nSPS) is 17.3. The van der Waals surface area contributed by atoms with Gasteiger partial charge < -0.3 is 5.43 Å². The highest BCUT2D eigenvalue weighted by Gasteiger charge is 2.21. The van der Waals surface area contributed by atoms with Crippen LogP contribution in [0.2, 0.25) is 0 Å². The van der Waals surface area contributed by atoms with Gasteiger partial charge >= 0.3 is 0 Å².